The number of hydrogen-bond donors (Lipinski definition) is 2. The number of hydrogen-bond acceptors (Lipinski definition) is 4. The highest BCUT2D eigenvalue weighted by Crippen LogP contribution is 2.23. The van der Waals surface area contributed by atoms with Crippen molar-refractivity contribution >= 4 is 5.91 Å². The number of rotatable bonds is 8. The van der Waals surface area contributed by atoms with Crippen molar-refractivity contribution in [1.82, 2.24) is 10.3 Å². The van der Waals surface area contributed by atoms with Crippen LogP contribution in [-0.4, -0.2) is 24.0 Å². The minimum Gasteiger partial charge on any atom is -0.441 e. The van der Waals surface area contributed by atoms with Gasteiger partial charge in [0.05, 0.1) is 11.8 Å². The molecule has 0 atom stereocenters. The van der Waals surface area contributed by atoms with E-state index in [0.717, 1.165) is 12.8 Å². The van der Waals surface area contributed by atoms with Gasteiger partial charge in [-0.25, -0.2) is 9.37 Å². The van der Waals surface area contributed by atoms with Crippen molar-refractivity contribution in [3.05, 3.63) is 42.2 Å². The van der Waals surface area contributed by atoms with Gasteiger partial charge in [0.15, 0.2) is 11.7 Å². The van der Waals surface area contributed by atoms with E-state index >= 15 is 0 Å². The zero-order valence-corrected chi connectivity index (χ0v) is 12.3. The summed E-state index contributed by atoms with van der Waals surface area (Å²) in [6, 6.07) is 6.34. The number of carbonyl (C=O) groups excluding carboxylic acids is 1. The maximum Gasteiger partial charge on any atom is 0.220 e. The fraction of sp³-hybridized carbons (Fsp3) is 0.375. The van der Waals surface area contributed by atoms with Crippen LogP contribution >= 0.6 is 0 Å². The first-order valence-corrected chi connectivity index (χ1v) is 7.37. The van der Waals surface area contributed by atoms with Crippen molar-refractivity contribution in [1.29, 1.82) is 0 Å². The molecule has 1 aromatic carbocycles. The Hall–Kier alpha value is -2.21. The molecule has 0 aliphatic carbocycles. The molecule has 0 spiro atoms. The zero-order chi connectivity index (χ0) is 15.8. The van der Waals surface area contributed by atoms with Crippen LogP contribution < -0.4 is 11.1 Å². The van der Waals surface area contributed by atoms with E-state index in [4.69, 9.17) is 10.2 Å². The number of nitrogens with zero attached hydrogens (tertiary/aromatic N) is 1. The number of aromatic nitrogens is 1. The summed E-state index contributed by atoms with van der Waals surface area (Å²) in [6.45, 7) is 1.26. The molecule has 0 fully saturated rings. The first-order chi connectivity index (χ1) is 10.7. The lowest BCUT2D eigenvalue weighted by Crippen LogP contribution is -2.25. The van der Waals surface area contributed by atoms with Gasteiger partial charge in [-0.15, -0.1) is 0 Å². The van der Waals surface area contributed by atoms with Gasteiger partial charge in [0.25, 0.3) is 0 Å². The van der Waals surface area contributed by atoms with Gasteiger partial charge in [0.2, 0.25) is 5.91 Å². The number of oxazole rings is 1. The van der Waals surface area contributed by atoms with Crippen LogP contribution in [0.1, 0.15) is 25.2 Å². The largest absolute Gasteiger partial charge is 0.441 e. The second-order valence-corrected chi connectivity index (χ2v) is 4.94. The van der Waals surface area contributed by atoms with Gasteiger partial charge < -0.3 is 15.5 Å². The Balaban J connectivity index is 1.83. The number of carbonyl (C=O) groups is 1. The second-order valence-electron chi connectivity index (χ2n) is 4.94. The van der Waals surface area contributed by atoms with Crippen molar-refractivity contribution in [3.63, 3.8) is 0 Å². The summed E-state index contributed by atoms with van der Waals surface area (Å²) in [5.74, 6) is 0.386. The summed E-state index contributed by atoms with van der Waals surface area (Å²) in [4.78, 5) is 15.7. The Bertz CT molecular complexity index is 613. The summed E-state index contributed by atoms with van der Waals surface area (Å²) >= 11 is 0. The number of nitrogens with one attached hydrogen (secondary N) is 1. The van der Waals surface area contributed by atoms with E-state index in [0.29, 0.717) is 43.1 Å². The van der Waals surface area contributed by atoms with E-state index in [1.54, 1.807) is 18.2 Å². The second kappa shape index (κ2) is 8.29. The molecule has 0 bridgehead atoms. The molecule has 0 saturated heterocycles. The van der Waals surface area contributed by atoms with Crippen LogP contribution in [0.25, 0.3) is 11.3 Å². The maximum absolute atomic E-state index is 13.6. The molecule has 1 aromatic heterocycles. The normalized spacial score (nSPS) is 10.6. The van der Waals surface area contributed by atoms with Gasteiger partial charge in [-0.3, -0.25) is 4.79 Å². The molecular formula is C16H20FN3O2. The number of unbranched alkanes of at least 4 members (excludes halogenated alkanes) is 1. The quantitative estimate of drug-likeness (QED) is 0.733. The molecular weight excluding hydrogens is 285 g/mol. The van der Waals surface area contributed by atoms with Gasteiger partial charge in [0, 0.05) is 19.4 Å². The van der Waals surface area contributed by atoms with E-state index in [1.807, 2.05) is 0 Å². The van der Waals surface area contributed by atoms with Crippen LogP contribution in [0.3, 0.4) is 0 Å². The van der Waals surface area contributed by atoms with Crippen molar-refractivity contribution in [2.24, 2.45) is 5.73 Å². The lowest BCUT2D eigenvalue weighted by atomic mass is 10.2. The SMILES string of the molecule is NCCCCNC(=O)CCc1ncc(-c2ccccc2F)o1. The van der Waals surface area contributed by atoms with Gasteiger partial charge in [-0.2, -0.15) is 0 Å². The van der Waals surface area contributed by atoms with Crippen molar-refractivity contribution in [2.45, 2.75) is 25.7 Å². The highest BCUT2D eigenvalue weighted by atomic mass is 19.1. The van der Waals surface area contributed by atoms with Gasteiger partial charge in [0.1, 0.15) is 5.82 Å². The zero-order valence-electron chi connectivity index (χ0n) is 12.3. The van der Waals surface area contributed by atoms with E-state index in [2.05, 4.69) is 10.3 Å². The molecule has 0 aliphatic rings. The molecule has 0 radical (unpaired) electrons. The molecule has 3 N–H and O–H groups in total. The highest BCUT2D eigenvalue weighted by Gasteiger charge is 2.11. The minimum absolute atomic E-state index is 0.0531. The third-order valence-corrected chi connectivity index (χ3v) is 3.21. The molecule has 2 rings (SSSR count). The first-order valence-electron chi connectivity index (χ1n) is 7.37. The number of nitrogens with two attached hydrogens (primary N) is 1. The Labute approximate surface area is 128 Å². The maximum atomic E-state index is 13.6. The summed E-state index contributed by atoms with van der Waals surface area (Å²) < 4.78 is 19.1. The predicted octanol–water partition coefficient (Wildman–Crippen LogP) is 2.27. The number of benzene rings is 1. The Kier molecular flexibility index (Phi) is 6.09. The molecule has 0 unspecified atom stereocenters. The summed E-state index contributed by atoms with van der Waals surface area (Å²) in [7, 11) is 0. The number of halogens is 1. The predicted molar refractivity (Wildman–Crippen MR) is 81.5 cm³/mol. The van der Waals surface area contributed by atoms with Gasteiger partial charge in [-0.1, -0.05) is 12.1 Å². The van der Waals surface area contributed by atoms with Gasteiger partial charge in [-0.05, 0) is 31.5 Å². The van der Waals surface area contributed by atoms with Crippen molar-refractivity contribution in [3.8, 4) is 11.3 Å². The fourth-order valence-corrected chi connectivity index (χ4v) is 2.02. The Morgan fingerprint density at radius 2 is 2.14 bits per heavy atom. The smallest absolute Gasteiger partial charge is 0.220 e. The molecule has 6 heteroatoms. The molecule has 1 amide bonds. The van der Waals surface area contributed by atoms with Crippen molar-refractivity contribution in [2.75, 3.05) is 13.1 Å². The average Bonchev–Trinajstić information content (AvgIpc) is 2.99. The van der Waals surface area contributed by atoms with E-state index in [-0.39, 0.29) is 11.7 Å². The molecule has 0 saturated carbocycles. The molecule has 5 nitrogen and oxygen atoms in total. The monoisotopic (exact) mass is 305 g/mol. The third kappa shape index (κ3) is 4.66. The van der Waals surface area contributed by atoms with Crippen molar-refractivity contribution < 1.29 is 13.6 Å². The topological polar surface area (TPSA) is 81.1 Å². The molecule has 22 heavy (non-hydrogen) atoms. The number of amides is 1. The summed E-state index contributed by atoms with van der Waals surface area (Å²) in [5, 5.41) is 2.81. The third-order valence-electron chi connectivity index (χ3n) is 3.21. The summed E-state index contributed by atoms with van der Waals surface area (Å²) in [5.41, 5.74) is 5.75. The standard InChI is InChI=1S/C16H20FN3O2/c17-13-6-2-1-5-12(13)14-11-20-16(22-14)8-7-15(21)19-10-4-3-9-18/h1-2,5-6,11H,3-4,7-10,18H2,(H,19,21). The highest BCUT2D eigenvalue weighted by molar-refractivity contribution is 5.76. The van der Waals surface area contributed by atoms with E-state index < -0.39 is 0 Å². The molecule has 0 aliphatic heterocycles. The fourth-order valence-electron chi connectivity index (χ4n) is 2.02. The Morgan fingerprint density at radius 1 is 1.32 bits per heavy atom. The van der Waals surface area contributed by atoms with Gasteiger partial charge >= 0.3 is 0 Å². The van der Waals surface area contributed by atoms with Crippen LogP contribution in [0.2, 0.25) is 0 Å². The molecule has 2 aromatic rings. The Morgan fingerprint density at radius 3 is 2.91 bits per heavy atom. The van der Waals surface area contributed by atoms with Crippen LogP contribution in [-0.2, 0) is 11.2 Å². The van der Waals surface area contributed by atoms with Crippen LogP contribution in [0.4, 0.5) is 4.39 Å². The van der Waals surface area contributed by atoms with E-state index in [9.17, 15) is 9.18 Å². The van der Waals surface area contributed by atoms with E-state index in [1.165, 1.54) is 12.3 Å². The number of aryl methyl sites for hydroxylation is 1. The van der Waals surface area contributed by atoms with Crippen LogP contribution in [0.15, 0.2) is 34.9 Å². The van der Waals surface area contributed by atoms with Crippen LogP contribution in [0.5, 0.6) is 0 Å². The summed E-state index contributed by atoms with van der Waals surface area (Å²) in [6.07, 6.45) is 3.93. The molecule has 1 heterocycles. The lowest BCUT2D eigenvalue weighted by Gasteiger charge is -2.03. The molecule has 118 valence electrons. The lowest BCUT2D eigenvalue weighted by molar-refractivity contribution is -0.121. The first kappa shape index (κ1) is 16.2. The minimum atomic E-state index is -0.358. The van der Waals surface area contributed by atoms with Crippen LogP contribution in [0, 0.1) is 5.82 Å². The average molecular weight is 305 g/mol.